The molecule has 0 amide bonds. The number of carbonyl (C=O) groups excluding carboxylic acids is 1. The van der Waals surface area contributed by atoms with E-state index in [-0.39, 0.29) is 5.56 Å². The standard InChI is InChI=1S/C12H16FNO2/c1-3-6-14-8-9-4-5-10(11(13)7-9)12(15)16-2/h4-5,7,14H,3,6,8H2,1-2H3. The topological polar surface area (TPSA) is 38.3 Å². The second kappa shape index (κ2) is 6.23. The van der Waals surface area contributed by atoms with Crippen molar-refractivity contribution in [2.75, 3.05) is 13.7 Å². The molecule has 0 saturated heterocycles. The van der Waals surface area contributed by atoms with Crippen molar-refractivity contribution in [3.8, 4) is 0 Å². The number of carbonyl (C=O) groups is 1. The highest BCUT2D eigenvalue weighted by molar-refractivity contribution is 5.89. The molecule has 0 bridgehead atoms. The number of rotatable bonds is 5. The summed E-state index contributed by atoms with van der Waals surface area (Å²) in [5.41, 5.74) is 0.792. The van der Waals surface area contributed by atoms with Crippen molar-refractivity contribution in [1.29, 1.82) is 0 Å². The summed E-state index contributed by atoms with van der Waals surface area (Å²) in [6.45, 7) is 3.56. The fourth-order valence-electron chi connectivity index (χ4n) is 1.35. The molecule has 1 aromatic rings. The third kappa shape index (κ3) is 3.31. The number of esters is 1. The number of methoxy groups -OCH3 is 1. The molecule has 1 rings (SSSR count). The molecule has 88 valence electrons. The van der Waals surface area contributed by atoms with Gasteiger partial charge >= 0.3 is 5.97 Å². The molecule has 0 aliphatic rings. The zero-order valence-corrected chi connectivity index (χ0v) is 9.55. The molecule has 16 heavy (non-hydrogen) atoms. The predicted octanol–water partition coefficient (Wildman–Crippen LogP) is 2.11. The maximum atomic E-state index is 13.5. The van der Waals surface area contributed by atoms with E-state index in [0.717, 1.165) is 18.5 Å². The van der Waals surface area contributed by atoms with Gasteiger partial charge in [0, 0.05) is 6.54 Å². The van der Waals surface area contributed by atoms with E-state index < -0.39 is 11.8 Å². The molecular weight excluding hydrogens is 209 g/mol. The fraction of sp³-hybridized carbons (Fsp3) is 0.417. The Balaban J connectivity index is 2.71. The maximum absolute atomic E-state index is 13.5. The molecule has 0 fully saturated rings. The van der Waals surface area contributed by atoms with Crippen LogP contribution in [-0.2, 0) is 11.3 Å². The van der Waals surface area contributed by atoms with Gasteiger partial charge in [0.05, 0.1) is 12.7 Å². The molecule has 0 spiro atoms. The Morgan fingerprint density at radius 2 is 2.25 bits per heavy atom. The molecular formula is C12H16FNO2. The van der Waals surface area contributed by atoms with Crippen LogP contribution in [0.2, 0.25) is 0 Å². The molecule has 0 atom stereocenters. The van der Waals surface area contributed by atoms with Crippen molar-refractivity contribution >= 4 is 5.97 Å². The average molecular weight is 225 g/mol. The van der Waals surface area contributed by atoms with Crippen LogP contribution in [0.3, 0.4) is 0 Å². The molecule has 1 aromatic carbocycles. The van der Waals surface area contributed by atoms with Crippen LogP contribution < -0.4 is 5.32 Å². The maximum Gasteiger partial charge on any atom is 0.340 e. The van der Waals surface area contributed by atoms with Crippen molar-refractivity contribution in [1.82, 2.24) is 5.32 Å². The Morgan fingerprint density at radius 3 is 2.81 bits per heavy atom. The molecule has 0 aliphatic heterocycles. The SMILES string of the molecule is CCCNCc1ccc(C(=O)OC)c(F)c1. The second-order valence-corrected chi connectivity index (χ2v) is 3.48. The van der Waals surface area contributed by atoms with Gasteiger partial charge in [0.25, 0.3) is 0 Å². The number of halogens is 1. The van der Waals surface area contributed by atoms with Gasteiger partial charge in [-0.2, -0.15) is 0 Å². The molecule has 0 saturated carbocycles. The monoisotopic (exact) mass is 225 g/mol. The fourth-order valence-corrected chi connectivity index (χ4v) is 1.35. The van der Waals surface area contributed by atoms with E-state index in [1.807, 2.05) is 0 Å². The lowest BCUT2D eigenvalue weighted by molar-refractivity contribution is 0.0595. The lowest BCUT2D eigenvalue weighted by atomic mass is 10.1. The highest BCUT2D eigenvalue weighted by atomic mass is 19.1. The van der Waals surface area contributed by atoms with Gasteiger partial charge in [0.15, 0.2) is 0 Å². The highest BCUT2D eigenvalue weighted by Gasteiger charge is 2.11. The van der Waals surface area contributed by atoms with Crippen molar-refractivity contribution < 1.29 is 13.9 Å². The van der Waals surface area contributed by atoms with Crippen molar-refractivity contribution in [3.05, 3.63) is 35.1 Å². The molecule has 4 heteroatoms. The normalized spacial score (nSPS) is 10.2. The van der Waals surface area contributed by atoms with Crippen LogP contribution in [0, 0.1) is 5.82 Å². The van der Waals surface area contributed by atoms with Gasteiger partial charge in [-0.05, 0) is 30.7 Å². The van der Waals surface area contributed by atoms with Crippen LogP contribution in [0.15, 0.2) is 18.2 Å². The van der Waals surface area contributed by atoms with Gasteiger partial charge in [0.2, 0.25) is 0 Å². The van der Waals surface area contributed by atoms with Crippen LogP contribution in [0.5, 0.6) is 0 Å². The molecule has 0 aliphatic carbocycles. The predicted molar refractivity (Wildman–Crippen MR) is 59.7 cm³/mol. The van der Waals surface area contributed by atoms with Crippen LogP contribution in [0.4, 0.5) is 4.39 Å². The number of benzene rings is 1. The first-order chi connectivity index (χ1) is 7.69. The second-order valence-electron chi connectivity index (χ2n) is 3.48. The summed E-state index contributed by atoms with van der Waals surface area (Å²) in [7, 11) is 1.23. The summed E-state index contributed by atoms with van der Waals surface area (Å²) < 4.78 is 17.9. The van der Waals surface area contributed by atoms with Crippen LogP contribution in [-0.4, -0.2) is 19.6 Å². The van der Waals surface area contributed by atoms with E-state index in [2.05, 4.69) is 17.0 Å². The van der Waals surface area contributed by atoms with Gasteiger partial charge < -0.3 is 10.1 Å². The minimum atomic E-state index is -0.648. The van der Waals surface area contributed by atoms with E-state index >= 15 is 0 Å². The van der Waals surface area contributed by atoms with Gasteiger partial charge in [-0.25, -0.2) is 9.18 Å². The third-order valence-electron chi connectivity index (χ3n) is 2.19. The molecule has 1 N–H and O–H groups in total. The lowest BCUT2D eigenvalue weighted by Crippen LogP contribution is -2.14. The van der Waals surface area contributed by atoms with Crippen LogP contribution in [0.25, 0.3) is 0 Å². The molecule has 0 heterocycles. The third-order valence-corrected chi connectivity index (χ3v) is 2.19. The van der Waals surface area contributed by atoms with E-state index in [1.54, 1.807) is 6.07 Å². The Hall–Kier alpha value is -1.42. The zero-order valence-electron chi connectivity index (χ0n) is 9.55. The number of hydrogen-bond donors (Lipinski definition) is 1. The highest BCUT2D eigenvalue weighted by Crippen LogP contribution is 2.11. The summed E-state index contributed by atoms with van der Waals surface area (Å²) >= 11 is 0. The summed E-state index contributed by atoms with van der Waals surface area (Å²) in [6, 6.07) is 4.52. The zero-order chi connectivity index (χ0) is 12.0. The first-order valence-corrected chi connectivity index (χ1v) is 5.26. The van der Waals surface area contributed by atoms with Gasteiger partial charge in [-0.15, -0.1) is 0 Å². The first-order valence-electron chi connectivity index (χ1n) is 5.26. The Labute approximate surface area is 94.6 Å². The molecule has 0 aromatic heterocycles. The van der Waals surface area contributed by atoms with E-state index in [0.29, 0.717) is 6.54 Å². The van der Waals surface area contributed by atoms with E-state index in [4.69, 9.17) is 0 Å². The molecule has 0 radical (unpaired) electrons. The van der Waals surface area contributed by atoms with Crippen LogP contribution in [0.1, 0.15) is 29.3 Å². The minimum absolute atomic E-state index is 0.0262. The average Bonchev–Trinajstić information content (AvgIpc) is 2.29. The Kier molecular flexibility index (Phi) is 4.92. The summed E-state index contributed by atoms with van der Waals surface area (Å²) in [5, 5.41) is 3.16. The molecule has 3 nitrogen and oxygen atoms in total. The lowest BCUT2D eigenvalue weighted by Gasteiger charge is -2.05. The number of ether oxygens (including phenoxy) is 1. The van der Waals surface area contributed by atoms with Crippen molar-refractivity contribution in [2.24, 2.45) is 0 Å². The number of hydrogen-bond acceptors (Lipinski definition) is 3. The van der Waals surface area contributed by atoms with E-state index in [1.165, 1.54) is 19.2 Å². The summed E-state index contributed by atoms with van der Waals surface area (Å²) in [5.74, 6) is -1.19. The van der Waals surface area contributed by atoms with Crippen molar-refractivity contribution in [3.63, 3.8) is 0 Å². The smallest absolute Gasteiger partial charge is 0.340 e. The summed E-state index contributed by atoms with van der Waals surface area (Å²) in [4.78, 5) is 11.1. The molecule has 0 unspecified atom stereocenters. The van der Waals surface area contributed by atoms with Gasteiger partial charge in [0.1, 0.15) is 5.82 Å². The quantitative estimate of drug-likeness (QED) is 0.616. The van der Waals surface area contributed by atoms with Gasteiger partial charge in [-0.1, -0.05) is 13.0 Å². The van der Waals surface area contributed by atoms with Crippen LogP contribution >= 0.6 is 0 Å². The van der Waals surface area contributed by atoms with Gasteiger partial charge in [-0.3, -0.25) is 0 Å². The first kappa shape index (κ1) is 12.6. The Bertz CT molecular complexity index is 366. The van der Waals surface area contributed by atoms with E-state index in [9.17, 15) is 9.18 Å². The number of nitrogens with one attached hydrogen (secondary N) is 1. The summed E-state index contributed by atoms with van der Waals surface area (Å²) in [6.07, 6.45) is 1.03. The largest absolute Gasteiger partial charge is 0.465 e. The Morgan fingerprint density at radius 1 is 1.50 bits per heavy atom. The van der Waals surface area contributed by atoms with Crippen molar-refractivity contribution in [2.45, 2.75) is 19.9 Å². The minimum Gasteiger partial charge on any atom is -0.465 e.